The summed E-state index contributed by atoms with van der Waals surface area (Å²) in [5.74, 6) is 0.00349. The van der Waals surface area contributed by atoms with Gasteiger partial charge in [0.15, 0.2) is 9.84 Å². The summed E-state index contributed by atoms with van der Waals surface area (Å²) in [6.45, 7) is 0.683. The van der Waals surface area contributed by atoms with Crippen LogP contribution in [0.25, 0.3) is 0 Å². The molecule has 0 bridgehead atoms. The number of phenols is 1. The quantitative estimate of drug-likeness (QED) is 0.739. The van der Waals surface area contributed by atoms with Gasteiger partial charge in [-0.25, -0.2) is 8.42 Å². The molecule has 1 aliphatic heterocycles. The number of aromatic hydroxyl groups is 1. The summed E-state index contributed by atoms with van der Waals surface area (Å²) >= 11 is 0. The lowest BCUT2D eigenvalue weighted by Gasteiger charge is -2.40. The average molecular weight is 253 g/mol. The first-order valence-corrected chi connectivity index (χ1v) is 7.46. The SMILES string of the molecule is O=S1(=O)CC2(CCC2)CNc2cccc(O)c21. The predicted molar refractivity (Wildman–Crippen MR) is 64.9 cm³/mol. The number of sulfone groups is 1. The Morgan fingerprint density at radius 3 is 2.71 bits per heavy atom. The van der Waals surface area contributed by atoms with E-state index in [0.717, 1.165) is 19.3 Å². The van der Waals surface area contributed by atoms with E-state index >= 15 is 0 Å². The van der Waals surface area contributed by atoms with Crippen LogP contribution in [-0.2, 0) is 9.84 Å². The van der Waals surface area contributed by atoms with Crippen molar-refractivity contribution < 1.29 is 13.5 Å². The van der Waals surface area contributed by atoms with Gasteiger partial charge in [0.25, 0.3) is 0 Å². The number of hydrogen-bond acceptors (Lipinski definition) is 4. The van der Waals surface area contributed by atoms with E-state index in [9.17, 15) is 13.5 Å². The number of phenolic OH excluding ortho intramolecular Hbond substituents is 1. The van der Waals surface area contributed by atoms with Gasteiger partial charge in [0, 0.05) is 12.0 Å². The molecule has 0 amide bonds. The van der Waals surface area contributed by atoms with E-state index in [1.807, 2.05) is 0 Å². The van der Waals surface area contributed by atoms with Gasteiger partial charge in [-0.15, -0.1) is 0 Å². The van der Waals surface area contributed by atoms with E-state index in [-0.39, 0.29) is 21.8 Å². The molecule has 92 valence electrons. The van der Waals surface area contributed by atoms with Crippen LogP contribution >= 0.6 is 0 Å². The molecule has 0 radical (unpaired) electrons. The fourth-order valence-corrected chi connectivity index (χ4v) is 5.00. The lowest BCUT2D eigenvalue weighted by Crippen LogP contribution is -2.40. The zero-order valence-corrected chi connectivity index (χ0v) is 10.3. The molecule has 1 aromatic carbocycles. The van der Waals surface area contributed by atoms with E-state index in [1.165, 1.54) is 6.07 Å². The van der Waals surface area contributed by atoms with Crippen LogP contribution in [0.5, 0.6) is 5.75 Å². The fourth-order valence-electron chi connectivity index (χ4n) is 2.80. The Balaban J connectivity index is 2.14. The second kappa shape index (κ2) is 3.38. The van der Waals surface area contributed by atoms with E-state index in [2.05, 4.69) is 5.32 Å². The number of hydrogen-bond donors (Lipinski definition) is 2. The Bertz CT molecular complexity index is 561. The Labute approximate surface area is 101 Å². The number of nitrogens with one attached hydrogen (secondary N) is 1. The van der Waals surface area contributed by atoms with Crippen LogP contribution in [0.2, 0.25) is 0 Å². The number of fused-ring (bicyclic) bond motifs is 1. The lowest BCUT2D eigenvalue weighted by atomic mass is 9.70. The molecule has 1 aromatic rings. The summed E-state index contributed by atoms with van der Waals surface area (Å²) in [7, 11) is -3.39. The molecule has 2 aliphatic rings. The van der Waals surface area contributed by atoms with Crippen molar-refractivity contribution in [3.63, 3.8) is 0 Å². The zero-order chi connectivity index (χ0) is 12.1. The molecule has 0 atom stereocenters. The van der Waals surface area contributed by atoms with Crippen LogP contribution in [0, 0.1) is 5.41 Å². The number of benzene rings is 1. The third-order valence-corrected chi connectivity index (χ3v) is 5.91. The minimum absolute atomic E-state index is 0.0729. The summed E-state index contributed by atoms with van der Waals surface area (Å²) in [6.07, 6.45) is 3.00. The first-order valence-electron chi connectivity index (χ1n) is 5.81. The molecule has 4 nitrogen and oxygen atoms in total. The second-order valence-electron chi connectivity index (χ2n) is 5.12. The maximum absolute atomic E-state index is 12.3. The predicted octanol–water partition coefficient (Wildman–Crippen LogP) is 1.76. The van der Waals surface area contributed by atoms with Gasteiger partial charge in [-0.1, -0.05) is 12.5 Å². The average Bonchev–Trinajstić information content (AvgIpc) is 2.33. The molecule has 1 spiro atoms. The topological polar surface area (TPSA) is 66.4 Å². The van der Waals surface area contributed by atoms with Crippen LogP contribution in [0.3, 0.4) is 0 Å². The van der Waals surface area contributed by atoms with Crippen molar-refractivity contribution >= 4 is 15.5 Å². The van der Waals surface area contributed by atoms with Crippen LogP contribution < -0.4 is 5.32 Å². The normalized spacial score (nSPS) is 24.2. The van der Waals surface area contributed by atoms with Crippen molar-refractivity contribution in [1.29, 1.82) is 0 Å². The second-order valence-corrected chi connectivity index (χ2v) is 7.05. The molecule has 1 saturated carbocycles. The molecule has 1 fully saturated rings. The summed E-state index contributed by atoms with van der Waals surface area (Å²) in [6, 6.07) is 4.80. The molecular weight excluding hydrogens is 238 g/mol. The van der Waals surface area contributed by atoms with Crippen molar-refractivity contribution in [2.45, 2.75) is 24.2 Å². The van der Waals surface area contributed by atoms with Gasteiger partial charge in [-0.05, 0) is 25.0 Å². The smallest absolute Gasteiger partial charge is 0.184 e. The van der Waals surface area contributed by atoms with Crippen molar-refractivity contribution in [3.8, 4) is 5.75 Å². The van der Waals surface area contributed by atoms with Crippen molar-refractivity contribution in [2.75, 3.05) is 17.6 Å². The van der Waals surface area contributed by atoms with Gasteiger partial charge < -0.3 is 10.4 Å². The third-order valence-electron chi connectivity index (χ3n) is 3.87. The zero-order valence-electron chi connectivity index (χ0n) is 9.44. The molecule has 0 aromatic heterocycles. The monoisotopic (exact) mass is 253 g/mol. The lowest BCUT2D eigenvalue weighted by molar-refractivity contribution is 0.184. The maximum atomic E-state index is 12.3. The van der Waals surface area contributed by atoms with Crippen LogP contribution in [-0.4, -0.2) is 25.8 Å². The van der Waals surface area contributed by atoms with Crippen molar-refractivity contribution in [3.05, 3.63) is 18.2 Å². The molecule has 0 unspecified atom stereocenters. The van der Waals surface area contributed by atoms with Crippen LogP contribution in [0.1, 0.15) is 19.3 Å². The Kier molecular flexibility index (Phi) is 2.17. The van der Waals surface area contributed by atoms with Gasteiger partial charge in [0.2, 0.25) is 0 Å². The summed E-state index contributed by atoms with van der Waals surface area (Å²) < 4.78 is 24.6. The standard InChI is InChI=1S/C12H15NO3S/c14-10-4-1-3-9-11(10)17(15,16)8-12(7-13-9)5-2-6-12/h1,3-4,13-14H,2,5-8H2. The molecular formula is C12H15NO3S. The first kappa shape index (κ1) is 10.9. The van der Waals surface area contributed by atoms with E-state index < -0.39 is 9.84 Å². The highest BCUT2D eigenvalue weighted by atomic mass is 32.2. The fraction of sp³-hybridized carbons (Fsp3) is 0.500. The largest absolute Gasteiger partial charge is 0.507 e. The maximum Gasteiger partial charge on any atom is 0.184 e. The molecule has 1 aliphatic carbocycles. The molecule has 17 heavy (non-hydrogen) atoms. The Hall–Kier alpha value is -1.23. The molecule has 3 rings (SSSR count). The van der Waals surface area contributed by atoms with Crippen LogP contribution in [0.4, 0.5) is 5.69 Å². The Morgan fingerprint density at radius 1 is 1.29 bits per heavy atom. The molecule has 5 heteroatoms. The molecule has 2 N–H and O–H groups in total. The Morgan fingerprint density at radius 2 is 2.06 bits per heavy atom. The van der Waals surface area contributed by atoms with E-state index in [4.69, 9.17) is 0 Å². The van der Waals surface area contributed by atoms with Gasteiger partial charge >= 0.3 is 0 Å². The van der Waals surface area contributed by atoms with E-state index in [0.29, 0.717) is 12.2 Å². The summed E-state index contributed by atoms with van der Waals surface area (Å²) in [5, 5.41) is 12.9. The molecule has 0 saturated heterocycles. The first-order chi connectivity index (χ1) is 8.03. The van der Waals surface area contributed by atoms with Crippen molar-refractivity contribution in [2.24, 2.45) is 5.41 Å². The van der Waals surface area contributed by atoms with Crippen molar-refractivity contribution in [1.82, 2.24) is 0 Å². The van der Waals surface area contributed by atoms with Gasteiger partial charge in [0.1, 0.15) is 10.6 Å². The summed E-state index contributed by atoms with van der Waals surface area (Å²) in [4.78, 5) is 0.0729. The van der Waals surface area contributed by atoms with Gasteiger partial charge in [0.05, 0.1) is 11.4 Å². The number of anilines is 1. The number of rotatable bonds is 0. The van der Waals surface area contributed by atoms with Gasteiger partial charge in [-0.3, -0.25) is 0 Å². The highest BCUT2D eigenvalue weighted by Crippen LogP contribution is 2.47. The van der Waals surface area contributed by atoms with E-state index in [1.54, 1.807) is 12.1 Å². The van der Waals surface area contributed by atoms with Crippen LogP contribution in [0.15, 0.2) is 23.1 Å². The summed E-state index contributed by atoms with van der Waals surface area (Å²) in [5.41, 5.74) is 0.415. The molecule has 1 heterocycles. The van der Waals surface area contributed by atoms with Gasteiger partial charge in [-0.2, -0.15) is 0 Å². The highest BCUT2D eigenvalue weighted by Gasteiger charge is 2.44. The minimum atomic E-state index is -3.39. The minimum Gasteiger partial charge on any atom is -0.507 e. The highest BCUT2D eigenvalue weighted by molar-refractivity contribution is 7.91. The third kappa shape index (κ3) is 1.60.